The van der Waals surface area contributed by atoms with Crippen molar-refractivity contribution in [2.45, 2.75) is 12.5 Å². The molecule has 1 rings (SSSR count). The third-order valence-electron chi connectivity index (χ3n) is 1.74. The Bertz CT molecular complexity index is 248. The molecule has 1 atom stereocenters. The lowest BCUT2D eigenvalue weighted by Crippen LogP contribution is -2.02. The van der Waals surface area contributed by atoms with Crippen molar-refractivity contribution in [1.29, 1.82) is 0 Å². The lowest BCUT2D eigenvalue weighted by Gasteiger charge is -2.08. The summed E-state index contributed by atoms with van der Waals surface area (Å²) < 4.78 is 4.92. The summed E-state index contributed by atoms with van der Waals surface area (Å²) in [6.45, 7) is -0.0468. The normalized spacial score (nSPS) is 12.5. The van der Waals surface area contributed by atoms with Crippen molar-refractivity contribution in [3.05, 3.63) is 24.0 Å². The molecule has 1 unspecified atom stereocenters. The SMILES string of the molecule is COc1ccc(C(O)CCO)nc1. The molecule has 0 aromatic carbocycles. The first kappa shape index (κ1) is 9.95. The van der Waals surface area contributed by atoms with E-state index in [4.69, 9.17) is 9.84 Å². The zero-order chi connectivity index (χ0) is 9.68. The first-order chi connectivity index (χ1) is 6.27. The molecule has 0 amide bonds. The van der Waals surface area contributed by atoms with Crippen LogP contribution in [0.5, 0.6) is 5.75 Å². The number of hydrogen-bond acceptors (Lipinski definition) is 4. The van der Waals surface area contributed by atoms with Crippen molar-refractivity contribution < 1.29 is 14.9 Å². The highest BCUT2D eigenvalue weighted by atomic mass is 16.5. The van der Waals surface area contributed by atoms with Crippen LogP contribution < -0.4 is 4.74 Å². The maximum atomic E-state index is 9.42. The van der Waals surface area contributed by atoms with Crippen LogP contribution in [0.1, 0.15) is 18.2 Å². The van der Waals surface area contributed by atoms with Gasteiger partial charge in [0.05, 0.1) is 25.1 Å². The van der Waals surface area contributed by atoms with Gasteiger partial charge in [-0.2, -0.15) is 0 Å². The average molecular weight is 183 g/mol. The van der Waals surface area contributed by atoms with Gasteiger partial charge in [0.2, 0.25) is 0 Å². The largest absolute Gasteiger partial charge is 0.495 e. The predicted molar refractivity (Wildman–Crippen MR) is 47.5 cm³/mol. The Morgan fingerprint density at radius 2 is 2.31 bits per heavy atom. The summed E-state index contributed by atoms with van der Waals surface area (Å²) in [5, 5.41) is 18.0. The molecular formula is C9H13NO3. The Morgan fingerprint density at radius 3 is 2.77 bits per heavy atom. The number of methoxy groups -OCH3 is 1. The van der Waals surface area contributed by atoms with Crippen molar-refractivity contribution in [2.75, 3.05) is 13.7 Å². The molecule has 0 aliphatic carbocycles. The van der Waals surface area contributed by atoms with E-state index in [1.165, 1.54) is 6.20 Å². The van der Waals surface area contributed by atoms with Gasteiger partial charge >= 0.3 is 0 Å². The number of aliphatic hydroxyl groups is 2. The van der Waals surface area contributed by atoms with Gasteiger partial charge in [0.1, 0.15) is 5.75 Å². The first-order valence-electron chi connectivity index (χ1n) is 4.06. The number of hydrogen-bond donors (Lipinski definition) is 2. The Labute approximate surface area is 76.8 Å². The lowest BCUT2D eigenvalue weighted by molar-refractivity contribution is 0.130. The smallest absolute Gasteiger partial charge is 0.137 e. The maximum Gasteiger partial charge on any atom is 0.137 e. The van der Waals surface area contributed by atoms with Gasteiger partial charge in [-0.1, -0.05) is 0 Å². The van der Waals surface area contributed by atoms with Crippen LogP contribution in [0.25, 0.3) is 0 Å². The van der Waals surface area contributed by atoms with E-state index >= 15 is 0 Å². The molecule has 4 nitrogen and oxygen atoms in total. The highest BCUT2D eigenvalue weighted by molar-refractivity contribution is 5.20. The molecule has 0 aliphatic heterocycles. The van der Waals surface area contributed by atoms with E-state index in [-0.39, 0.29) is 6.61 Å². The van der Waals surface area contributed by atoms with E-state index in [1.54, 1.807) is 19.2 Å². The van der Waals surface area contributed by atoms with Crippen LogP contribution in [-0.4, -0.2) is 28.9 Å². The van der Waals surface area contributed by atoms with Gasteiger partial charge in [-0.3, -0.25) is 4.98 Å². The minimum absolute atomic E-state index is 0.0468. The molecule has 0 saturated carbocycles. The molecule has 0 saturated heterocycles. The van der Waals surface area contributed by atoms with Gasteiger partial charge in [0.15, 0.2) is 0 Å². The van der Waals surface area contributed by atoms with Crippen molar-refractivity contribution >= 4 is 0 Å². The number of rotatable bonds is 4. The van der Waals surface area contributed by atoms with Crippen LogP contribution in [0, 0.1) is 0 Å². The molecule has 72 valence electrons. The Balaban J connectivity index is 2.67. The fourth-order valence-electron chi connectivity index (χ4n) is 0.980. The Hall–Kier alpha value is -1.13. The van der Waals surface area contributed by atoms with E-state index in [9.17, 15) is 5.11 Å². The van der Waals surface area contributed by atoms with E-state index in [2.05, 4.69) is 4.98 Å². The second-order valence-electron chi connectivity index (χ2n) is 2.65. The second-order valence-corrected chi connectivity index (χ2v) is 2.65. The van der Waals surface area contributed by atoms with Crippen LogP contribution in [0.15, 0.2) is 18.3 Å². The third-order valence-corrected chi connectivity index (χ3v) is 1.74. The fraction of sp³-hybridized carbons (Fsp3) is 0.444. The lowest BCUT2D eigenvalue weighted by atomic mass is 10.2. The minimum atomic E-state index is -0.698. The summed E-state index contributed by atoms with van der Waals surface area (Å²) in [6.07, 6.45) is 1.14. The van der Waals surface area contributed by atoms with Gasteiger partial charge in [0, 0.05) is 13.0 Å². The van der Waals surface area contributed by atoms with Gasteiger partial charge in [0.25, 0.3) is 0 Å². The van der Waals surface area contributed by atoms with Crippen LogP contribution in [0.4, 0.5) is 0 Å². The minimum Gasteiger partial charge on any atom is -0.495 e. The molecule has 13 heavy (non-hydrogen) atoms. The summed E-state index contributed by atoms with van der Waals surface area (Å²) in [5.74, 6) is 0.653. The number of pyridine rings is 1. The van der Waals surface area contributed by atoms with Gasteiger partial charge in [-0.25, -0.2) is 0 Å². The highest BCUT2D eigenvalue weighted by Crippen LogP contribution is 2.16. The Morgan fingerprint density at radius 1 is 1.54 bits per heavy atom. The molecule has 0 fully saturated rings. The van der Waals surface area contributed by atoms with Crippen molar-refractivity contribution in [2.24, 2.45) is 0 Å². The number of aromatic nitrogens is 1. The van der Waals surface area contributed by atoms with Gasteiger partial charge < -0.3 is 14.9 Å². The predicted octanol–water partition coefficient (Wildman–Crippen LogP) is 0.506. The van der Waals surface area contributed by atoms with Crippen LogP contribution in [0.3, 0.4) is 0 Å². The molecule has 0 aliphatic rings. The van der Waals surface area contributed by atoms with Crippen molar-refractivity contribution in [1.82, 2.24) is 4.98 Å². The molecule has 1 heterocycles. The van der Waals surface area contributed by atoms with Gasteiger partial charge in [-0.05, 0) is 12.1 Å². The number of ether oxygens (including phenoxy) is 1. The molecular weight excluding hydrogens is 170 g/mol. The molecule has 0 bridgehead atoms. The quantitative estimate of drug-likeness (QED) is 0.713. The first-order valence-corrected chi connectivity index (χ1v) is 4.06. The summed E-state index contributed by atoms with van der Waals surface area (Å²) in [7, 11) is 1.56. The maximum absolute atomic E-state index is 9.42. The zero-order valence-electron chi connectivity index (χ0n) is 7.47. The van der Waals surface area contributed by atoms with Crippen LogP contribution in [-0.2, 0) is 0 Å². The standard InChI is InChI=1S/C9H13NO3/c1-13-7-2-3-8(10-6-7)9(12)4-5-11/h2-3,6,9,11-12H,4-5H2,1H3. The number of nitrogens with zero attached hydrogens (tertiary/aromatic N) is 1. The molecule has 1 aromatic heterocycles. The van der Waals surface area contributed by atoms with Crippen LogP contribution >= 0.6 is 0 Å². The van der Waals surface area contributed by atoms with Crippen molar-refractivity contribution in [3.63, 3.8) is 0 Å². The zero-order valence-corrected chi connectivity index (χ0v) is 7.47. The molecule has 2 N–H and O–H groups in total. The highest BCUT2D eigenvalue weighted by Gasteiger charge is 2.07. The van der Waals surface area contributed by atoms with E-state index in [1.807, 2.05) is 0 Å². The number of aliphatic hydroxyl groups excluding tert-OH is 2. The third kappa shape index (κ3) is 2.68. The summed E-state index contributed by atoms with van der Waals surface area (Å²) in [5.41, 5.74) is 0.551. The topological polar surface area (TPSA) is 62.6 Å². The monoisotopic (exact) mass is 183 g/mol. The van der Waals surface area contributed by atoms with E-state index in [0.717, 1.165) is 0 Å². The van der Waals surface area contributed by atoms with Gasteiger partial charge in [-0.15, -0.1) is 0 Å². The average Bonchev–Trinajstić information content (AvgIpc) is 2.18. The summed E-state index contributed by atoms with van der Waals surface area (Å²) in [4.78, 5) is 3.98. The van der Waals surface area contributed by atoms with E-state index < -0.39 is 6.10 Å². The van der Waals surface area contributed by atoms with E-state index in [0.29, 0.717) is 17.9 Å². The summed E-state index contributed by atoms with van der Waals surface area (Å²) >= 11 is 0. The molecule has 4 heteroatoms. The molecule has 0 radical (unpaired) electrons. The van der Waals surface area contributed by atoms with Crippen LogP contribution in [0.2, 0.25) is 0 Å². The van der Waals surface area contributed by atoms with Crippen molar-refractivity contribution in [3.8, 4) is 5.75 Å². The fourth-order valence-corrected chi connectivity index (χ4v) is 0.980. The summed E-state index contributed by atoms with van der Waals surface area (Å²) in [6, 6.07) is 3.40. The Kier molecular flexibility index (Phi) is 3.67. The molecule has 0 spiro atoms. The molecule has 1 aromatic rings. The second kappa shape index (κ2) is 4.79.